The molecule has 1 unspecified atom stereocenters. The third-order valence-electron chi connectivity index (χ3n) is 6.33. The van der Waals surface area contributed by atoms with Crippen LogP contribution in [0.15, 0.2) is 0 Å². The second kappa shape index (κ2) is 15.3. The van der Waals surface area contributed by atoms with E-state index in [2.05, 4.69) is 0 Å². The molecule has 0 saturated heterocycles. The van der Waals surface area contributed by atoms with Crippen LogP contribution in [0.2, 0.25) is 0 Å². The molecule has 0 aliphatic rings. The van der Waals surface area contributed by atoms with Crippen molar-refractivity contribution in [2.45, 2.75) is 81.7 Å². The Morgan fingerprint density at radius 3 is 1.27 bits per heavy atom. The van der Waals surface area contributed by atoms with E-state index in [1.54, 1.807) is 0 Å². The summed E-state index contributed by atoms with van der Waals surface area (Å²) in [7, 11) is -1.49. The average molecular weight is 780 g/mol. The molecule has 2 aromatic rings. The fourth-order valence-electron chi connectivity index (χ4n) is 3.93. The number of hydrogen-bond acceptors (Lipinski definition) is 0. The maximum absolute atomic E-state index is 13.9. The molecule has 0 saturated carbocycles. The summed E-state index contributed by atoms with van der Waals surface area (Å²) in [4.78, 5) is 0. The summed E-state index contributed by atoms with van der Waals surface area (Å²) in [6.45, 7) is 3.10. The van der Waals surface area contributed by atoms with E-state index in [1.807, 2.05) is 6.92 Å². The van der Waals surface area contributed by atoms with Crippen LogP contribution in [0.5, 0.6) is 0 Å². The second-order valence-electron chi connectivity index (χ2n) is 9.78. The van der Waals surface area contributed by atoms with E-state index >= 15 is 0 Å². The molecule has 0 radical (unpaired) electrons. The number of halogens is 22. The normalized spacial score (nSPS) is 13.7. The van der Waals surface area contributed by atoms with Gasteiger partial charge in [0.2, 0.25) is 5.82 Å². The molecule has 1 atom stereocenters. The van der Waals surface area contributed by atoms with Crippen LogP contribution in [-0.4, -0.2) is 29.8 Å². The van der Waals surface area contributed by atoms with Crippen molar-refractivity contribution in [2.24, 2.45) is 0 Å². The van der Waals surface area contributed by atoms with Crippen LogP contribution in [0, 0.1) is 46.5 Å². The number of rotatable bonds is 11. The highest BCUT2D eigenvalue weighted by Gasteiger charge is 2.70. The lowest BCUT2D eigenvalue weighted by molar-refractivity contribution is -0.290. The van der Waals surface area contributed by atoms with Gasteiger partial charge in [-0.2, -0.15) is 61.5 Å². The zero-order valence-corrected chi connectivity index (χ0v) is 25.1. The summed E-state index contributed by atoms with van der Waals surface area (Å²) in [5, 5.41) is 0. The summed E-state index contributed by atoms with van der Waals surface area (Å²) >= 11 is 0. The average Bonchev–Trinajstić information content (AvgIpc) is 2.95. The predicted octanol–water partition coefficient (Wildman–Crippen LogP) is 12.7. The van der Waals surface area contributed by atoms with Gasteiger partial charge in [-0.05, 0) is 21.2 Å². The molecule has 0 aromatic heterocycles. The number of hydrogen-bond donors (Lipinski definition) is 0. The topological polar surface area (TPSA) is 0 Å². The van der Waals surface area contributed by atoms with Gasteiger partial charge in [0.15, 0.2) is 40.7 Å². The summed E-state index contributed by atoms with van der Waals surface area (Å²) in [5.41, 5.74) is -18.8. The van der Waals surface area contributed by atoms with Crippen molar-refractivity contribution in [1.82, 2.24) is 0 Å². The molecule has 49 heavy (non-hydrogen) atoms. The number of benzene rings is 2. The fourth-order valence-corrected chi connectivity index (χ4v) is 4.78. The predicted molar refractivity (Wildman–Crippen MR) is 129 cm³/mol. The summed E-state index contributed by atoms with van der Waals surface area (Å²) in [5.74, 6) is -44.0. The highest BCUT2D eigenvalue weighted by atomic mass is 31.1. The van der Waals surface area contributed by atoms with Crippen LogP contribution in [0.3, 0.4) is 0 Å². The van der Waals surface area contributed by atoms with E-state index in [0.29, 0.717) is 12.8 Å². The maximum atomic E-state index is 13.9. The minimum Gasteiger partial charge on any atom is -0.203 e. The van der Waals surface area contributed by atoms with Gasteiger partial charge < -0.3 is 0 Å². The van der Waals surface area contributed by atoms with E-state index in [9.17, 15) is 96.6 Å². The van der Waals surface area contributed by atoms with Crippen molar-refractivity contribution in [3.8, 4) is 11.1 Å². The molecule has 0 aliphatic carbocycles. The standard InChI is InChI=1S/C15F16.C11H19F6P/c16-5-2(6(17)10(21)12(23)9(5)20)1-3(13(24,25)15(29,30)31)7(18)11(22)8(19)4(1)14(26,27)28;1-3-5-6-7-8-9(12,13)10(14,15)11(16,17)18-4-2/h;18H,3-8H2,1-2H3. The zero-order chi connectivity index (χ0) is 38.9. The largest absolute Gasteiger partial charge is 0.458 e. The number of unbranched alkanes of at least 4 members (excludes halogenated alkanes) is 3. The van der Waals surface area contributed by atoms with Crippen LogP contribution < -0.4 is 0 Å². The van der Waals surface area contributed by atoms with E-state index in [-0.39, 0.29) is 12.6 Å². The lowest BCUT2D eigenvalue weighted by Gasteiger charge is -2.32. The Morgan fingerprint density at radius 1 is 0.469 bits per heavy atom. The van der Waals surface area contributed by atoms with Crippen molar-refractivity contribution in [2.75, 3.05) is 6.16 Å². The SMILES string of the molecule is CCCCCCC(F)(F)C(F)(F)C(F)(F)PCC.Fc1c(F)c(F)c(-c2c(C(F)(F)F)c(F)c(F)c(F)c2C(F)(F)C(F)(F)F)c(F)c1F. The molecule has 0 spiro atoms. The molecule has 2 rings (SSSR count). The minimum atomic E-state index is -7.10. The monoisotopic (exact) mass is 780 g/mol. The molecule has 0 aliphatic heterocycles. The Labute approximate surface area is 262 Å². The van der Waals surface area contributed by atoms with Gasteiger partial charge in [-0.15, -0.1) is 0 Å². The molecule has 0 heterocycles. The molecule has 0 amide bonds. The molecule has 0 fully saturated rings. The molecule has 282 valence electrons. The third-order valence-corrected chi connectivity index (χ3v) is 7.45. The highest BCUT2D eigenvalue weighted by Crippen LogP contribution is 2.56. The first-order valence-electron chi connectivity index (χ1n) is 13.0. The summed E-state index contributed by atoms with van der Waals surface area (Å²) < 4.78 is 293. The first-order valence-corrected chi connectivity index (χ1v) is 14.2. The van der Waals surface area contributed by atoms with E-state index in [0.717, 1.165) is 6.42 Å². The molecule has 0 nitrogen and oxygen atoms in total. The lowest BCUT2D eigenvalue weighted by Crippen LogP contribution is -2.51. The zero-order valence-electron chi connectivity index (χ0n) is 24.1. The van der Waals surface area contributed by atoms with Gasteiger partial charge in [-0.3, -0.25) is 0 Å². The molecule has 0 N–H and O–H groups in total. The van der Waals surface area contributed by atoms with Crippen molar-refractivity contribution < 1.29 is 96.6 Å². The minimum absolute atomic E-state index is 0.165. The van der Waals surface area contributed by atoms with Gasteiger partial charge in [0.05, 0.1) is 11.1 Å². The molecular weight excluding hydrogens is 761 g/mol. The molecular formula is C26H19F22P. The van der Waals surface area contributed by atoms with Crippen LogP contribution in [-0.2, 0) is 12.1 Å². The molecule has 23 heteroatoms. The number of alkyl halides is 14. The van der Waals surface area contributed by atoms with E-state index in [1.165, 1.54) is 6.92 Å². The van der Waals surface area contributed by atoms with Gasteiger partial charge in [0, 0.05) is 12.0 Å². The Hall–Kier alpha value is -2.67. The Bertz CT molecular complexity index is 1440. The van der Waals surface area contributed by atoms with E-state index < -0.39 is 120 Å². The summed E-state index contributed by atoms with van der Waals surface area (Å²) in [6.07, 6.45) is -13.5. The lowest BCUT2D eigenvalue weighted by atomic mass is 9.88. The van der Waals surface area contributed by atoms with Crippen LogP contribution >= 0.6 is 8.58 Å². The van der Waals surface area contributed by atoms with E-state index in [4.69, 9.17) is 0 Å². The quantitative estimate of drug-likeness (QED) is 0.0701. The fraction of sp³-hybridized carbons (Fsp3) is 0.538. The van der Waals surface area contributed by atoms with Crippen molar-refractivity contribution in [3.05, 3.63) is 57.7 Å². The van der Waals surface area contributed by atoms with Crippen molar-refractivity contribution in [3.63, 3.8) is 0 Å². The smallest absolute Gasteiger partial charge is 0.203 e. The van der Waals surface area contributed by atoms with Gasteiger partial charge in [0.1, 0.15) is 5.56 Å². The van der Waals surface area contributed by atoms with Gasteiger partial charge >= 0.3 is 35.8 Å². The third kappa shape index (κ3) is 8.63. The maximum Gasteiger partial charge on any atom is 0.458 e. The van der Waals surface area contributed by atoms with Crippen LogP contribution in [0.1, 0.15) is 57.1 Å². The Morgan fingerprint density at radius 2 is 0.878 bits per heavy atom. The Balaban J connectivity index is 0.000000570. The molecule has 0 bridgehead atoms. The van der Waals surface area contributed by atoms with Gasteiger partial charge in [0.25, 0.3) is 0 Å². The Kier molecular flexibility index (Phi) is 13.8. The first kappa shape index (κ1) is 44.4. The first-order chi connectivity index (χ1) is 21.9. The van der Waals surface area contributed by atoms with Gasteiger partial charge in [-0.25, -0.2) is 35.1 Å². The van der Waals surface area contributed by atoms with Crippen LogP contribution in [0.25, 0.3) is 11.1 Å². The van der Waals surface area contributed by atoms with Crippen molar-refractivity contribution in [1.29, 1.82) is 0 Å². The summed E-state index contributed by atoms with van der Waals surface area (Å²) in [6, 6.07) is 0. The molecule has 2 aromatic carbocycles. The highest BCUT2D eigenvalue weighted by molar-refractivity contribution is 7.39. The van der Waals surface area contributed by atoms with Gasteiger partial charge in [-0.1, -0.05) is 33.1 Å². The second-order valence-corrected chi connectivity index (χ2v) is 11.5. The van der Waals surface area contributed by atoms with Crippen molar-refractivity contribution >= 4 is 8.58 Å². The van der Waals surface area contributed by atoms with Crippen LogP contribution in [0.4, 0.5) is 96.6 Å².